The lowest BCUT2D eigenvalue weighted by Gasteiger charge is -2.32. The first-order valence-corrected chi connectivity index (χ1v) is 7.28. The number of aromatic carboxylic acids is 1. The molecule has 1 aliphatic heterocycles. The fourth-order valence-electron chi connectivity index (χ4n) is 2.21. The van der Waals surface area contributed by atoms with Crippen LogP contribution < -0.4 is 0 Å². The molecule has 2 N–H and O–H groups in total. The van der Waals surface area contributed by atoms with Crippen molar-refractivity contribution >= 4 is 19.2 Å². The predicted octanol–water partition coefficient (Wildman–Crippen LogP) is 2.53. The van der Waals surface area contributed by atoms with E-state index in [4.69, 9.17) is 14.4 Å². The maximum Gasteiger partial charge on any atom is 0.492 e. The Morgan fingerprint density at radius 3 is 2.30 bits per heavy atom. The Balaban J connectivity index is 2.38. The van der Waals surface area contributed by atoms with Crippen LogP contribution in [0.2, 0.25) is 0 Å². The van der Waals surface area contributed by atoms with Crippen molar-refractivity contribution in [3.8, 4) is 0 Å². The number of aliphatic hydroxyl groups excluding tert-OH is 1. The molecule has 1 heterocycles. The minimum Gasteiger partial charge on any atom is -0.478 e. The van der Waals surface area contributed by atoms with Gasteiger partial charge in [-0.1, -0.05) is 18.2 Å². The highest BCUT2D eigenvalue weighted by Gasteiger charge is 2.52. The predicted molar refractivity (Wildman–Crippen MR) is 84.5 cm³/mol. The lowest BCUT2D eigenvalue weighted by molar-refractivity contribution is 0.00578. The van der Waals surface area contributed by atoms with Gasteiger partial charge in [-0.15, -0.1) is 0 Å². The van der Waals surface area contributed by atoms with E-state index >= 15 is 0 Å². The van der Waals surface area contributed by atoms with E-state index in [0.29, 0.717) is 5.47 Å². The van der Waals surface area contributed by atoms with Crippen LogP contribution in [-0.2, 0) is 9.31 Å². The first kappa shape index (κ1) is 17.7. The Labute approximate surface area is 134 Å². The Hall–Kier alpha value is -1.70. The lowest BCUT2D eigenvalue weighted by Crippen LogP contribution is -2.41. The zero-order chi connectivity index (χ0) is 17.4. The summed E-state index contributed by atoms with van der Waals surface area (Å²) in [7, 11) is -0.821. The molecule has 23 heavy (non-hydrogen) atoms. The highest BCUT2D eigenvalue weighted by atomic mass is 19.1. The van der Waals surface area contributed by atoms with E-state index in [1.165, 1.54) is 24.3 Å². The smallest absolute Gasteiger partial charge is 0.478 e. The number of carboxylic acid groups (broad SMARTS) is 1. The summed E-state index contributed by atoms with van der Waals surface area (Å²) in [5.74, 6) is -2.21. The highest BCUT2D eigenvalue weighted by Crippen LogP contribution is 2.38. The van der Waals surface area contributed by atoms with Crippen molar-refractivity contribution < 1.29 is 28.7 Å². The van der Waals surface area contributed by atoms with Crippen LogP contribution in [0.5, 0.6) is 0 Å². The Kier molecular flexibility index (Phi) is 4.66. The molecule has 0 radical (unpaired) electrons. The summed E-state index contributed by atoms with van der Waals surface area (Å²) >= 11 is 0. The second-order valence-corrected chi connectivity index (χ2v) is 6.48. The summed E-state index contributed by atoms with van der Waals surface area (Å²) in [6, 6.07) is 4.06. The van der Waals surface area contributed by atoms with Crippen LogP contribution in [0.15, 0.2) is 23.7 Å². The Morgan fingerprint density at radius 2 is 1.83 bits per heavy atom. The van der Waals surface area contributed by atoms with E-state index in [0.717, 1.165) is 0 Å². The van der Waals surface area contributed by atoms with Gasteiger partial charge in [-0.25, -0.2) is 9.18 Å². The van der Waals surface area contributed by atoms with Crippen molar-refractivity contribution in [2.24, 2.45) is 0 Å². The average molecular weight is 322 g/mol. The topological polar surface area (TPSA) is 76.0 Å². The zero-order valence-corrected chi connectivity index (χ0v) is 13.6. The third kappa shape index (κ3) is 3.31. The van der Waals surface area contributed by atoms with Crippen LogP contribution in [0.4, 0.5) is 4.39 Å². The van der Waals surface area contributed by atoms with Crippen LogP contribution in [0.25, 0.3) is 6.08 Å². The van der Waals surface area contributed by atoms with Crippen molar-refractivity contribution in [3.05, 3.63) is 40.6 Å². The van der Waals surface area contributed by atoms with Crippen molar-refractivity contribution in [3.63, 3.8) is 0 Å². The fourth-order valence-corrected chi connectivity index (χ4v) is 2.21. The minimum absolute atomic E-state index is 0.0589. The largest absolute Gasteiger partial charge is 0.492 e. The van der Waals surface area contributed by atoms with Crippen LogP contribution in [0.3, 0.4) is 0 Å². The molecule has 2 rings (SSSR count). The maximum atomic E-state index is 14.2. The van der Waals surface area contributed by atoms with Crippen LogP contribution in [0, 0.1) is 5.82 Å². The van der Waals surface area contributed by atoms with E-state index < -0.39 is 42.3 Å². The maximum absolute atomic E-state index is 14.2. The summed E-state index contributed by atoms with van der Waals surface area (Å²) in [4.78, 5) is 11.0. The molecule has 0 bridgehead atoms. The SMILES string of the molecule is CC1(C)OB(C(=Cc2cccc(C(=O)O)c2F)CO)OC1(C)C. The number of halogens is 1. The number of hydrogen-bond acceptors (Lipinski definition) is 4. The third-order valence-electron chi connectivity index (χ3n) is 4.34. The molecule has 1 saturated heterocycles. The number of aliphatic hydroxyl groups is 1. The molecule has 1 aliphatic rings. The molecule has 0 aromatic heterocycles. The number of carbonyl (C=O) groups is 1. The van der Waals surface area contributed by atoms with E-state index in [1.54, 1.807) is 0 Å². The Bertz CT molecular complexity index is 638. The molecular formula is C16H20BFO5. The molecule has 5 nitrogen and oxygen atoms in total. The molecule has 0 aliphatic carbocycles. The van der Waals surface area contributed by atoms with Crippen LogP contribution in [-0.4, -0.2) is 41.1 Å². The van der Waals surface area contributed by atoms with E-state index in [-0.39, 0.29) is 5.56 Å². The van der Waals surface area contributed by atoms with Gasteiger partial charge in [-0.3, -0.25) is 0 Å². The van der Waals surface area contributed by atoms with Crippen molar-refractivity contribution in [1.82, 2.24) is 0 Å². The van der Waals surface area contributed by atoms with Crippen LogP contribution >= 0.6 is 0 Å². The standard InChI is InChI=1S/C16H20BFO5/c1-15(2)16(3,4)23-17(22-15)11(9-19)8-10-6-5-7-12(13(10)18)14(20)21/h5-8,19H,9H2,1-4H3,(H,20,21). The van der Waals surface area contributed by atoms with Gasteiger partial charge < -0.3 is 19.5 Å². The van der Waals surface area contributed by atoms with Crippen LogP contribution in [0.1, 0.15) is 43.6 Å². The molecule has 0 saturated carbocycles. The van der Waals surface area contributed by atoms with Gasteiger partial charge in [0.1, 0.15) is 5.82 Å². The first-order valence-electron chi connectivity index (χ1n) is 7.28. The van der Waals surface area contributed by atoms with E-state index in [9.17, 15) is 14.3 Å². The molecule has 1 aromatic rings. The van der Waals surface area contributed by atoms with Gasteiger partial charge in [-0.2, -0.15) is 0 Å². The van der Waals surface area contributed by atoms with Gasteiger partial charge in [0.15, 0.2) is 0 Å². The van der Waals surface area contributed by atoms with Gasteiger partial charge in [0.2, 0.25) is 0 Å². The summed E-state index contributed by atoms with van der Waals surface area (Å²) in [5.41, 5.74) is -1.22. The van der Waals surface area contributed by atoms with Gasteiger partial charge in [0.05, 0.1) is 23.4 Å². The second-order valence-electron chi connectivity index (χ2n) is 6.48. The number of rotatable bonds is 4. The molecule has 7 heteroatoms. The first-order chi connectivity index (χ1) is 10.6. The number of hydrogen-bond donors (Lipinski definition) is 2. The summed E-state index contributed by atoms with van der Waals surface area (Å²) < 4.78 is 25.9. The Morgan fingerprint density at radius 1 is 1.26 bits per heavy atom. The highest BCUT2D eigenvalue weighted by molar-refractivity contribution is 6.55. The molecule has 1 fully saturated rings. The quantitative estimate of drug-likeness (QED) is 0.833. The van der Waals surface area contributed by atoms with Gasteiger partial charge in [0.25, 0.3) is 0 Å². The van der Waals surface area contributed by atoms with E-state index in [1.807, 2.05) is 27.7 Å². The fraction of sp³-hybridized carbons (Fsp3) is 0.438. The monoisotopic (exact) mass is 322 g/mol. The normalized spacial score (nSPS) is 19.9. The molecular weight excluding hydrogens is 302 g/mol. The van der Waals surface area contributed by atoms with Gasteiger partial charge in [-0.05, 0) is 39.2 Å². The number of carboxylic acids is 1. The lowest BCUT2D eigenvalue weighted by atomic mass is 9.77. The summed E-state index contributed by atoms with van der Waals surface area (Å²) in [6.07, 6.45) is 1.36. The molecule has 1 aromatic carbocycles. The van der Waals surface area contributed by atoms with Crippen molar-refractivity contribution in [2.75, 3.05) is 6.61 Å². The summed E-state index contributed by atoms with van der Waals surface area (Å²) in [5, 5.41) is 18.6. The molecule has 124 valence electrons. The summed E-state index contributed by atoms with van der Waals surface area (Å²) in [6.45, 7) is 7.08. The number of benzene rings is 1. The molecule has 0 amide bonds. The van der Waals surface area contributed by atoms with Crippen molar-refractivity contribution in [2.45, 2.75) is 38.9 Å². The second kappa shape index (κ2) is 6.07. The average Bonchev–Trinajstić information content (AvgIpc) is 2.65. The third-order valence-corrected chi connectivity index (χ3v) is 4.34. The van der Waals surface area contributed by atoms with E-state index in [2.05, 4.69) is 0 Å². The molecule has 0 unspecified atom stereocenters. The van der Waals surface area contributed by atoms with Crippen molar-refractivity contribution in [1.29, 1.82) is 0 Å². The minimum atomic E-state index is -1.35. The molecule has 0 atom stereocenters. The van der Waals surface area contributed by atoms with Gasteiger partial charge in [0, 0.05) is 5.56 Å². The molecule has 0 spiro atoms. The zero-order valence-electron chi connectivity index (χ0n) is 13.6. The van der Waals surface area contributed by atoms with Gasteiger partial charge >= 0.3 is 13.1 Å².